The summed E-state index contributed by atoms with van der Waals surface area (Å²) in [5.74, 6) is 0.730. The maximum Gasteiger partial charge on any atom is 0.303 e. The van der Waals surface area contributed by atoms with E-state index >= 15 is 0 Å². The molecule has 0 amide bonds. The Kier molecular flexibility index (Phi) is 6.63. The Morgan fingerprint density at radius 2 is 1.97 bits per heavy atom. The molecule has 0 radical (unpaired) electrons. The maximum absolute atomic E-state index is 13.6. The topological polar surface area (TPSA) is 85.2 Å². The number of benzene rings is 2. The minimum atomic E-state index is -0.706. The zero-order valence-corrected chi connectivity index (χ0v) is 22.6. The standard InChI is InChI=1S/C28H32ClNO7/c1-14-27(35-15(2)31)18(29)12-23(34-14)36-22-11-17-20(37-28(22,3)4)13-21(33-6)24-25(17)30(5)19-10-8-7-9-16(19)26(24)32/h7-10,13-14,18,22-23,27H,11-12H2,1-6H3/t14-,18-,22+,23-,27-/m0/s1. The third-order valence-electron chi connectivity index (χ3n) is 7.38. The number of methoxy groups -OCH3 is 1. The summed E-state index contributed by atoms with van der Waals surface area (Å²) in [7, 11) is 3.50. The molecule has 2 aliphatic heterocycles. The first-order chi connectivity index (χ1) is 17.5. The molecule has 0 saturated carbocycles. The van der Waals surface area contributed by atoms with Crippen molar-refractivity contribution in [2.45, 2.75) is 76.1 Å². The van der Waals surface area contributed by atoms with E-state index in [1.54, 1.807) is 13.2 Å². The number of carbonyl (C=O) groups excluding carboxylic acids is 1. The zero-order valence-electron chi connectivity index (χ0n) is 21.9. The van der Waals surface area contributed by atoms with Crippen LogP contribution in [0.1, 0.15) is 39.7 Å². The Hall–Kier alpha value is -2.81. The van der Waals surface area contributed by atoms with Gasteiger partial charge in [-0.1, -0.05) is 12.1 Å². The fourth-order valence-electron chi connectivity index (χ4n) is 5.52. The van der Waals surface area contributed by atoms with Crippen molar-refractivity contribution in [1.29, 1.82) is 0 Å². The zero-order chi connectivity index (χ0) is 26.6. The number of halogens is 1. The summed E-state index contributed by atoms with van der Waals surface area (Å²) in [6.07, 6.45) is -1.13. The van der Waals surface area contributed by atoms with E-state index in [9.17, 15) is 9.59 Å². The van der Waals surface area contributed by atoms with E-state index in [0.29, 0.717) is 35.1 Å². The number of para-hydroxylation sites is 1. The molecule has 5 rings (SSSR count). The van der Waals surface area contributed by atoms with E-state index in [2.05, 4.69) is 0 Å². The summed E-state index contributed by atoms with van der Waals surface area (Å²) in [6.45, 7) is 7.09. The van der Waals surface area contributed by atoms with Crippen molar-refractivity contribution < 1.29 is 28.5 Å². The van der Waals surface area contributed by atoms with E-state index < -0.39 is 41.5 Å². The van der Waals surface area contributed by atoms with Crippen molar-refractivity contribution in [3.8, 4) is 11.5 Å². The molecule has 0 N–H and O–H groups in total. The number of carbonyl (C=O) groups is 1. The van der Waals surface area contributed by atoms with Crippen molar-refractivity contribution in [2.24, 2.45) is 7.05 Å². The monoisotopic (exact) mass is 529 g/mol. The maximum atomic E-state index is 13.6. The predicted molar refractivity (Wildman–Crippen MR) is 141 cm³/mol. The lowest BCUT2D eigenvalue weighted by Crippen LogP contribution is -2.53. The fourth-order valence-corrected chi connectivity index (χ4v) is 5.93. The van der Waals surface area contributed by atoms with Crippen LogP contribution >= 0.6 is 11.6 Å². The number of aromatic nitrogens is 1. The van der Waals surface area contributed by atoms with Gasteiger partial charge in [0.2, 0.25) is 5.43 Å². The summed E-state index contributed by atoms with van der Waals surface area (Å²) in [6, 6.07) is 9.33. The van der Waals surface area contributed by atoms with E-state index in [1.807, 2.05) is 56.7 Å². The molecule has 198 valence electrons. The molecule has 5 atom stereocenters. The van der Waals surface area contributed by atoms with Crippen molar-refractivity contribution >= 4 is 39.4 Å². The average molecular weight is 530 g/mol. The van der Waals surface area contributed by atoms with Crippen molar-refractivity contribution in [3.05, 3.63) is 46.1 Å². The van der Waals surface area contributed by atoms with Gasteiger partial charge in [-0.2, -0.15) is 0 Å². The van der Waals surface area contributed by atoms with Gasteiger partial charge in [0.15, 0.2) is 6.29 Å². The van der Waals surface area contributed by atoms with Gasteiger partial charge in [0.1, 0.15) is 29.3 Å². The summed E-state index contributed by atoms with van der Waals surface area (Å²) in [4.78, 5) is 25.0. The van der Waals surface area contributed by atoms with Crippen LogP contribution in [0.2, 0.25) is 0 Å². The molecule has 0 unspecified atom stereocenters. The number of aryl methyl sites for hydroxylation is 1. The van der Waals surface area contributed by atoms with Gasteiger partial charge < -0.3 is 28.3 Å². The minimum Gasteiger partial charge on any atom is -0.496 e. The molecule has 1 saturated heterocycles. The number of hydrogen-bond acceptors (Lipinski definition) is 7. The number of fused-ring (bicyclic) bond motifs is 4. The Balaban J connectivity index is 1.55. The van der Waals surface area contributed by atoms with Gasteiger partial charge in [-0.15, -0.1) is 11.6 Å². The molecule has 9 heteroatoms. The molecular formula is C28H32ClNO7. The third-order valence-corrected chi connectivity index (χ3v) is 7.81. The van der Waals surface area contributed by atoms with Gasteiger partial charge in [0.25, 0.3) is 0 Å². The first kappa shape index (κ1) is 25.8. The van der Waals surface area contributed by atoms with Crippen LogP contribution in [-0.2, 0) is 32.5 Å². The molecule has 0 bridgehead atoms. The Morgan fingerprint density at radius 3 is 2.65 bits per heavy atom. The number of esters is 1. The van der Waals surface area contributed by atoms with Gasteiger partial charge >= 0.3 is 5.97 Å². The Morgan fingerprint density at radius 1 is 1.24 bits per heavy atom. The quantitative estimate of drug-likeness (QED) is 0.280. The highest BCUT2D eigenvalue weighted by molar-refractivity contribution is 6.21. The number of ether oxygens (including phenoxy) is 5. The fraction of sp³-hybridized carbons (Fsp3) is 0.500. The molecule has 0 aliphatic carbocycles. The molecule has 37 heavy (non-hydrogen) atoms. The van der Waals surface area contributed by atoms with E-state index in [-0.39, 0.29) is 5.43 Å². The summed E-state index contributed by atoms with van der Waals surface area (Å²) in [5, 5.41) is 0.688. The van der Waals surface area contributed by atoms with E-state index in [0.717, 1.165) is 16.6 Å². The average Bonchev–Trinajstić information content (AvgIpc) is 2.84. The van der Waals surface area contributed by atoms with Crippen LogP contribution in [0.4, 0.5) is 0 Å². The number of rotatable bonds is 4. The predicted octanol–water partition coefficient (Wildman–Crippen LogP) is 4.47. The molecule has 1 aromatic heterocycles. The number of alkyl halides is 1. The van der Waals surface area contributed by atoms with Crippen LogP contribution in [0.25, 0.3) is 21.8 Å². The van der Waals surface area contributed by atoms with Crippen molar-refractivity contribution in [1.82, 2.24) is 4.57 Å². The molecular weight excluding hydrogens is 498 g/mol. The smallest absolute Gasteiger partial charge is 0.303 e. The second-order valence-corrected chi connectivity index (χ2v) is 10.9. The van der Waals surface area contributed by atoms with E-state index in [4.69, 9.17) is 35.3 Å². The molecule has 1 fully saturated rings. The summed E-state index contributed by atoms with van der Waals surface area (Å²) < 4.78 is 32.0. The number of pyridine rings is 1. The first-order valence-corrected chi connectivity index (χ1v) is 12.9. The van der Waals surface area contributed by atoms with Gasteiger partial charge in [-0.3, -0.25) is 9.59 Å². The lowest BCUT2D eigenvalue weighted by atomic mass is 9.88. The minimum absolute atomic E-state index is 0.0865. The second-order valence-electron chi connectivity index (χ2n) is 10.3. The molecule has 3 heterocycles. The first-order valence-electron chi connectivity index (χ1n) is 12.4. The molecule has 2 aromatic carbocycles. The SMILES string of the molecule is COc1cc2c(c3c1c(=O)c1ccccc1n3C)C[C@@H](O[C@H]1C[C@H](Cl)[C@@H](OC(C)=O)[C@H](C)O1)C(C)(C)O2. The molecule has 2 aliphatic rings. The van der Waals surface area contributed by atoms with Crippen LogP contribution in [0.5, 0.6) is 11.5 Å². The second kappa shape index (κ2) is 9.49. The number of hydrogen-bond donors (Lipinski definition) is 0. The van der Waals surface area contributed by atoms with Gasteiger partial charge in [-0.25, -0.2) is 0 Å². The van der Waals surface area contributed by atoms with Crippen LogP contribution in [0.15, 0.2) is 35.1 Å². The molecule has 8 nitrogen and oxygen atoms in total. The lowest BCUT2D eigenvalue weighted by Gasteiger charge is -2.44. The Labute approximate surface area is 220 Å². The van der Waals surface area contributed by atoms with Crippen LogP contribution in [-0.4, -0.2) is 53.2 Å². The van der Waals surface area contributed by atoms with E-state index in [1.165, 1.54) is 6.92 Å². The highest BCUT2D eigenvalue weighted by Crippen LogP contribution is 2.43. The number of nitrogens with zero attached hydrogens (tertiary/aromatic N) is 1. The third kappa shape index (κ3) is 4.45. The normalized spacial score (nSPS) is 26.9. The van der Waals surface area contributed by atoms with Crippen LogP contribution < -0.4 is 14.9 Å². The van der Waals surface area contributed by atoms with Gasteiger partial charge in [0, 0.05) is 43.8 Å². The van der Waals surface area contributed by atoms with Gasteiger partial charge in [-0.05, 0) is 32.9 Å². The van der Waals surface area contributed by atoms with Crippen LogP contribution in [0, 0.1) is 0 Å². The highest BCUT2D eigenvalue weighted by atomic mass is 35.5. The van der Waals surface area contributed by atoms with Gasteiger partial charge in [0.05, 0.1) is 35.0 Å². The Bertz CT molecular complexity index is 1420. The molecule has 3 aromatic rings. The lowest BCUT2D eigenvalue weighted by molar-refractivity contribution is -0.256. The summed E-state index contributed by atoms with van der Waals surface area (Å²) >= 11 is 6.57. The highest BCUT2D eigenvalue weighted by Gasteiger charge is 2.44. The van der Waals surface area contributed by atoms with Crippen LogP contribution in [0.3, 0.4) is 0 Å². The molecule has 0 spiro atoms. The largest absolute Gasteiger partial charge is 0.496 e. The van der Waals surface area contributed by atoms with Crippen molar-refractivity contribution in [3.63, 3.8) is 0 Å². The van der Waals surface area contributed by atoms with Crippen molar-refractivity contribution in [2.75, 3.05) is 7.11 Å². The summed E-state index contributed by atoms with van der Waals surface area (Å²) in [5.41, 5.74) is 1.66.